The summed E-state index contributed by atoms with van der Waals surface area (Å²) in [6, 6.07) is 8.87. The highest BCUT2D eigenvalue weighted by Crippen LogP contribution is 2.30. The standard InChI is InChI=1S/C30H42N2O2/c1-7-19(3)23-13-21(5)29(33)25(15-23)17-31-27-9-11-28(12-10-27)32-18-26-16-24(20(4)8-2)14-22(6)30(26)34/h13-20,27-28,33-34H,7-12H2,1-6H3. The Morgan fingerprint density at radius 2 is 1.09 bits per heavy atom. The van der Waals surface area contributed by atoms with E-state index >= 15 is 0 Å². The molecule has 4 nitrogen and oxygen atoms in total. The molecule has 4 heteroatoms. The molecule has 0 spiro atoms. The van der Waals surface area contributed by atoms with Crippen LogP contribution in [0.1, 0.15) is 111 Å². The molecule has 3 rings (SSSR count). The molecule has 1 fully saturated rings. The number of aryl methyl sites for hydroxylation is 2. The second-order valence-electron chi connectivity index (χ2n) is 10.2. The highest BCUT2D eigenvalue weighted by Gasteiger charge is 2.20. The summed E-state index contributed by atoms with van der Waals surface area (Å²) >= 11 is 0. The van der Waals surface area contributed by atoms with Crippen LogP contribution in [0.25, 0.3) is 0 Å². The Bertz CT molecular complexity index is 949. The fourth-order valence-electron chi connectivity index (χ4n) is 4.64. The van der Waals surface area contributed by atoms with Crippen LogP contribution in [0, 0.1) is 13.8 Å². The van der Waals surface area contributed by atoms with E-state index in [1.807, 2.05) is 26.3 Å². The lowest BCUT2D eigenvalue weighted by molar-refractivity contribution is 0.399. The molecule has 2 aromatic carbocycles. The van der Waals surface area contributed by atoms with Crippen molar-refractivity contribution in [3.05, 3.63) is 57.6 Å². The third kappa shape index (κ3) is 6.28. The van der Waals surface area contributed by atoms with E-state index in [0.29, 0.717) is 23.3 Å². The van der Waals surface area contributed by atoms with Gasteiger partial charge in [0.2, 0.25) is 0 Å². The van der Waals surface area contributed by atoms with E-state index in [2.05, 4.69) is 52.0 Å². The van der Waals surface area contributed by atoms with Gasteiger partial charge in [-0.1, -0.05) is 39.8 Å². The van der Waals surface area contributed by atoms with Gasteiger partial charge >= 0.3 is 0 Å². The van der Waals surface area contributed by atoms with Crippen LogP contribution in [0.4, 0.5) is 0 Å². The van der Waals surface area contributed by atoms with Crippen molar-refractivity contribution in [1.82, 2.24) is 0 Å². The predicted octanol–water partition coefficient (Wildman–Crippen LogP) is 7.59. The number of rotatable bonds is 8. The molecule has 0 aromatic heterocycles. The molecule has 1 aliphatic rings. The quantitative estimate of drug-likeness (QED) is 0.397. The molecule has 2 aromatic rings. The Morgan fingerprint density at radius 3 is 1.41 bits per heavy atom. The van der Waals surface area contributed by atoms with Gasteiger partial charge in [-0.3, -0.25) is 9.98 Å². The Morgan fingerprint density at radius 1 is 0.735 bits per heavy atom. The lowest BCUT2D eigenvalue weighted by Crippen LogP contribution is -2.20. The molecule has 34 heavy (non-hydrogen) atoms. The summed E-state index contributed by atoms with van der Waals surface area (Å²) in [5.74, 6) is 1.61. The number of phenolic OH excluding ortho intramolecular Hbond substituents is 2. The van der Waals surface area contributed by atoms with Gasteiger partial charge in [0, 0.05) is 23.6 Å². The molecule has 2 atom stereocenters. The minimum Gasteiger partial charge on any atom is -0.507 e. The maximum absolute atomic E-state index is 10.5. The molecule has 0 bridgehead atoms. The molecule has 1 aliphatic carbocycles. The van der Waals surface area contributed by atoms with Crippen molar-refractivity contribution in [2.45, 2.75) is 104 Å². The largest absolute Gasteiger partial charge is 0.507 e. The zero-order valence-corrected chi connectivity index (χ0v) is 21.8. The molecular weight excluding hydrogens is 420 g/mol. The number of aliphatic imine (C=N–C) groups is 2. The van der Waals surface area contributed by atoms with Crippen LogP contribution in [-0.4, -0.2) is 34.7 Å². The summed E-state index contributed by atoms with van der Waals surface area (Å²) in [6.07, 6.45) is 9.83. The summed E-state index contributed by atoms with van der Waals surface area (Å²) in [5, 5.41) is 21.0. The van der Waals surface area contributed by atoms with Gasteiger partial charge in [0.1, 0.15) is 11.5 Å². The van der Waals surface area contributed by atoms with E-state index in [0.717, 1.165) is 60.8 Å². The second kappa shape index (κ2) is 11.7. The van der Waals surface area contributed by atoms with E-state index in [1.165, 1.54) is 11.1 Å². The highest BCUT2D eigenvalue weighted by molar-refractivity contribution is 5.85. The molecule has 184 valence electrons. The minimum atomic E-state index is 0.266. The summed E-state index contributed by atoms with van der Waals surface area (Å²) in [4.78, 5) is 9.65. The summed E-state index contributed by atoms with van der Waals surface area (Å²) < 4.78 is 0. The zero-order valence-electron chi connectivity index (χ0n) is 21.8. The van der Waals surface area contributed by atoms with Gasteiger partial charge in [0.05, 0.1) is 12.1 Å². The smallest absolute Gasteiger partial charge is 0.127 e. The first-order valence-corrected chi connectivity index (χ1v) is 13.0. The Labute approximate surface area is 205 Å². The number of phenols is 2. The maximum atomic E-state index is 10.5. The van der Waals surface area contributed by atoms with Gasteiger partial charge in [-0.15, -0.1) is 0 Å². The lowest BCUT2D eigenvalue weighted by atomic mass is 9.91. The minimum absolute atomic E-state index is 0.266. The molecule has 0 aliphatic heterocycles. The summed E-state index contributed by atoms with van der Waals surface area (Å²) in [6.45, 7) is 12.7. The molecular formula is C30H42N2O2. The Kier molecular flexibility index (Phi) is 8.93. The van der Waals surface area contributed by atoms with Crippen LogP contribution < -0.4 is 0 Å². The molecule has 0 heterocycles. The van der Waals surface area contributed by atoms with Crippen molar-refractivity contribution in [1.29, 1.82) is 0 Å². The van der Waals surface area contributed by atoms with Crippen LogP contribution >= 0.6 is 0 Å². The van der Waals surface area contributed by atoms with E-state index in [9.17, 15) is 10.2 Å². The van der Waals surface area contributed by atoms with Crippen molar-refractivity contribution in [3.8, 4) is 11.5 Å². The van der Waals surface area contributed by atoms with E-state index in [-0.39, 0.29) is 12.1 Å². The number of nitrogens with zero attached hydrogens (tertiary/aromatic N) is 2. The normalized spacial score (nSPS) is 20.8. The third-order valence-corrected chi connectivity index (χ3v) is 7.58. The average Bonchev–Trinajstić information content (AvgIpc) is 2.85. The van der Waals surface area contributed by atoms with Crippen molar-refractivity contribution in [3.63, 3.8) is 0 Å². The van der Waals surface area contributed by atoms with Gasteiger partial charge in [-0.2, -0.15) is 0 Å². The average molecular weight is 463 g/mol. The van der Waals surface area contributed by atoms with Gasteiger partial charge in [0.15, 0.2) is 0 Å². The monoisotopic (exact) mass is 462 g/mol. The summed E-state index contributed by atoms with van der Waals surface area (Å²) in [7, 11) is 0. The Balaban J connectivity index is 1.63. The van der Waals surface area contributed by atoms with Crippen molar-refractivity contribution >= 4 is 12.4 Å². The maximum Gasteiger partial charge on any atom is 0.127 e. The van der Waals surface area contributed by atoms with Crippen molar-refractivity contribution in [2.75, 3.05) is 0 Å². The first-order chi connectivity index (χ1) is 16.2. The van der Waals surface area contributed by atoms with Crippen LogP contribution in [0.5, 0.6) is 11.5 Å². The third-order valence-electron chi connectivity index (χ3n) is 7.58. The fourth-order valence-corrected chi connectivity index (χ4v) is 4.64. The SMILES string of the molecule is CCC(C)c1cc(C)c(O)c(C=NC2CCC(N=Cc3cc(C(C)CC)cc(C)c3O)CC2)c1. The number of hydrogen-bond acceptors (Lipinski definition) is 4. The first kappa shape index (κ1) is 26.0. The van der Waals surface area contributed by atoms with E-state index in [4.69, 9.17) is 9.98 Å². The number of hydrogen-bond donors (Lipinski definition) is 2. The van der Waals surface area contributed by atoms with Crippen LogP contribution in [-0.2, 0) is 0 Å². The number of benzene rings is 2. The molecule has 2 N–H and O–H groups in total. The van der Waals surface area contributed by atoms with Crippen molar-refractivity contribution in [2.24, 2.45) is 9.98 Å². The topological polar surface area (TPSA) is 65.2 Å². The number of aromatic hydroxyl groups is 2. The van der Waals surface area contributed by atoms with Crippen molar-refractivity contribution < 1.29 is 10.2 Å². The lowest BCUT2D eigenvalue weighted by Gasteiger charge is -2.23. The molecule has 2 unspecified atom stereocenters. The second-order valence-corrected chi connectivity index (χ2v) is 10.2. The van der Waals surface area contributed by atoms with Crippen LogP contribution in [0.2, 0.25) is 0 Å². The van der Waals surface area contributed by atoms with E-state index in [1.54, 1.807) is 0 Å². The van der Waals surface area contributed by atoms with Gasteiger partial charge < -0.3 is 10.2 Å². The van der Waals surface area contributed by atoms with E-state index < -0.39 is 0 Å². The zero-order chi connectivity index (χ0) is 24.8. The molecule has 1 saturated carbocycles. The highest BCUT2D eigenvalue weighted by atomic mass is 16.3. The van der Waals surface area contributed by atoms with Crippen LogP contribution in [0.15, 0.2) is 34.3 Å². The summed E-state index contributed by atoms with van der Waals surface area (Å²) in [5.41, 5.74) is 5.98. The Hall–Kier alpha value is -2.62. The molecule has 0 amide bonds. The van der Waals surface area contributed by atoms with Gasteiger partial charge in [-0.05, 0) is 98.6 Å². The van der Waals surface area contributed by atoms with Gasteiger partial charge in [0.25, 0.3) is 0 Å². The molecule has 0 radical (unpaired) electrons. The van der Waals surface area contributed by atoms with Crippen LogP contribution in [0.3, 0.4) is 0 Å². The predicted molar refractivity (Wildman–Crippen MR) is 144 cm³/mol. The fraction of sp³-hybridized carbons (Fsp3) is 0.533. The van der Waals surface area contributed by atoms with Gasteiger partial charge in [-0.25, -0.2) is 0 Å². The molecule has 0 saturated heterocycles. The first-order valence-electron chi connectivity index (χ1n) is 13.0.